The number of hydrogen-bond acceptors (Lipinski definition) is 2. The summed E-state index contributed by atoms with van der Waals surface area (Å²) in [5.74, 6) is -1.81. The number of ketones is 1. The van der Waals surface area contributed by atoms with Gasteiger partial charge in [-0.1, -0.05) is 22.0 Å². The van der Waals surface area contributed by atoms with Gasteiger partial charge in [-0.05, 0) is 30.7 Å². The first kappa shape index (κ1) is 16.4. The summed E-state index contributed by atoms with van der Waals surface area (Å²) >= 11 is 2.99. The SMILES string of the molecule is CC(Br)C(=O)c1cc(C(F)(F)F)ccc1C=CC(=O)O. The molecule has 0 aromatic heterocycles. The number of alkyl halides is 4. The number of carboxylic acid groups (broad SMARTS) is 1. The molecule has 0 radical (unpaired) electrons. The van der Waals surface area contributed by atoms with Gasteiger partial charge in [0.2, 0.25) is 0 Å². The number of rotatable bonds is 4. The van der Waals surface area contributed by atoms with Crippen molar-refractivity contribution >= 4 is 33.8 Å². The molecule has 0 aliphatic carbocycles. The Morgan fingerprint density at radius 1 is 1.35 bits per heavy atom. The van der Waals surface area contributed by atoms with Crippen molar-refractivity contribution in [3.05, 3.63) is 41.0 Å². The maximum atomic E-state index is 12.6. The Kier molecular flexibility index (Phi) is 5.10. The number of carbonyl (C=O) groups excluding carboxylic acids is 1. The summed E-state index contributed by atoms with van der Waals surface area (Å²) in [5.41, 5.74) is -1.01. The lowest BCUT2D eigenvalue weighted by atomic mass is 9.98. The van der Waals surface area contributed by atoms with Crippen LogP contribution in [0.25, 0.3) is 6.08 Å². The van der Waals surface area contributed by atoms with Crippen LogP contribution in [0.15, 0.2) is 24.3 Å². The molecular formula is C13H10BrF3O3. The zero-order valence-electron chi connectivity index (χ0n) is 10.2. The largest absolute Gasteiger partial charge is 0.478 e. The van der Waals surface area contributed by atoms with Gasteiger partial charge in [-0.3, -0.25) is 4.79 Å². The molecule has 0 saturated heterocycles. The van der Waals surface area contributed by atoms with Crippen molar-refractivity contribution in [1.82, 2.24) is 0 Å². The third-order valence-corrected chi connectivity index (χ3v) is 2.83. The van der Waals surface area contributed by atoms with E-state index in [9.17, 15) is 22.8 Å². The van der Waals surface area contributed by atoms with Crippen LogP contribution in [0.2, 0.25) is 0 Å². The summed E-state index contributed by atoms with van der Waals surface area (Å²) in [6, 6.07) is 2.60. The fourth-order valence-electron chi connectivity index (χ4n) is 1.47. The molecule has 0 bridgehead atoms. The van der Waals surface area contributed by atoms with E-state index < -0.39 is 28.3 Å². The number of aliphatic carboxylic acids is 1. The molecule has 7 heteroatoms. The Balaban J connectivity index is 3.38. The smallest absolute Gasteiger partial charge is 0.416 e. The summed E-state index contributed by atoms with van der Waals surface area (Å²) in [6.07, 6.45) is -2.72. The quantitative estimate of drug-likeness (QED) is 0.510. The first-order valence-corrected chi connectivity index (χ1v) is 6.35. The fraction of sp³-hybridized carbons (Fsp3) is 0.231. The maximum absolute atomic E-state index is 12.6. The molecule has 1 aromatic rings. The first-order valence-electron chi connectivity index (χ1n) is 5.43. The number of Topliss-reactive ketones (excluding diaryl/α,β-unsaturated/α-hetero) is 1. The molecule has 0 aliphatic rings. The Hall–Kier alpha value is -1.63. The Morgan fingerprint density at radius 2 is 1.95 bits per heavy atom. The lowest BCUT2D eigenvalue weighted by molar-refractivity contribution is -0.137. The fourth-order valence-corrected chi connectivity index (χ4v) is 1.71. The molecular weight excluding hydrogens is 341 g/mol. The maximum Gasteiger partial charge on any atom is 0.416 e. The van der Waals surface area contributed by atoms with Crippen molar-refractivity contribution in [3.8, 4) is 0 Å². The van der Waals surface area contributed by atoms with Crippen LogP contribution in [-0.4, -0.2) is 21.7 Å². The van der Waals surface area contributed by atoms with Gasteiger partial charge in [-0.25, -0.2) is 4.79 Å². The first-order chi connectivity index (χ1) is 9.12. The molecule has 108 valence electrons. The van der Waals surface area contributed by atoms with Gasteiger partial charge in [0.25, 0.3) is 0 Å². The van der Waals surface area contributed by atoms with Crippen molar-refractivity contribution in [2.24, 2.45) is 0 Å². The summed E-state index contributed by atoms with van der Waals surface area (Å²) in [4.78, 5) is 21.7. The minimum Gasteiger partial charge on any atom is -0.478 e. The second-order valence-electron chi connectivity index (χ2n) is 3.95. The number of benzene rings is 1. The van der Waals surface area contributed by atoms with Gasteiger partial charge in [0, 0.05) is 11.6 Å². The molecule has 0 amide bonds. The van der Waals surface area contributed by atoms with Gasteiger partial charge in [-0.15, -0.1) is 0 Å². The van der Waals surface area contributed by atoms with E-state index in [4.69, 9.17) is 5.11 Å². The van der Waals surface area contributed by atoms with E-state index in [2.05, 4.69) is 15.9 Å². The molecule has 1 N–H and O–H groups in total. The second-order valence-corrected chi connectivity index (χ2v) is 5.33. The van der Waals surface area contributed by atoms with Gasteiger partial charge in [0.15, 0.2) is 5.78 Å². The average Bonchev–Trinajstić information content (AvgIpc) is 2.33. The number of halogens is 4. The van der Waals surface area contributed by atoms with E-state index in [0.717, 1.165) is 30.4 Å². The predicted molar refractivity (Wildman–Crippen MR) is 70.8 cm³/mol. The summed E-state index contributed by atoms with van der Waals surface area (Å²) in [5, 5.41) is 8.54. The summed E-state index contributed by atoms with van der Waals surface area (Å²) < 4.78 is 37.9. The van der Waals surface area contributed by atoms with Gasteiger partial charge in [0.05, 0.1) is 10.4 Å². The predicted octanol–water partition coefficient (Wildman–Crippen LogP) is 3.77. The van der Waals surface area contributed by atoms with Gasteiger partial charge in [0.1, 0.15) is 0 Å². The molecule has 3 nitrogen and oxygen atoms in total. The normalized spacial score (nSPS) is 13.4. The van der Waals surface area contributed by atoms with Crippen LogP contribution < -0.4 is 0 Å². The Morgan fingerprint density at radius 3 is 2.40 bits per heavy atom. The van der Waals surface area contributed by atoms with Crippen LogP contribution in [0, 0.1) is 0 Å². The van der Waals surface area contributed by atoms with E-state index in [-0.39, 0.29) is 11.1 Å². The molecule has 20 heavy (non-hydrogen) atoms. The molecule has 1 atom stereocenters. The van der Waals surface area contributed by atoms with Crippen LogP contribution in [0.1, 0.15) is 28.4 Å². The lowest BCUT2D eigenvalue weighted by Gasteiger charge is -2.12. The summed E-state index contributed by atoms with van der Waals surface area (Å²) in [6.45, 7) is 1.48. The van der Waals surface area contributed by atoms with Gasteiger partial charge in [-0.2, -0.15) is 13.2 Å². The molecule has 1 rings (SSSR count). The topological polar surface area (TPSA) is 54.4 Å². The molecule has 0 fully saturated rings. The highest BCUT2D eigenvalue weighted by molar-refractivity contribution is 9.10. The highest BCUT2D eigenvalue weighted by atomic mass is 79.9. The van der Waals surface area contributed by atoms with Crippen LogP contribution in [0.4, 0.5) is 13.2 Å². The number of carboxylic acids is 1. The van der Waals surface area contributed by atoms with Crippen LogP contribution in [0.5, 0.6) is 0 Å². The van der Waals surface area contributed by atoms with E-state index in [0.29, 0.717) is 0 Å². The number of carbonyl (C=O) groups is 2. The zero-order chi connectivity index (χ0) is 15.5. The number of hydrogen-bond donors (Lipinski definition) is 1. The lowest BCUT2D eigenvalue weighted by Crippen LogP contribution is -2.14. The summed E-state index contributed by atoms with van der Waals surface area (Å²) in [7, 11) is 0. The molecule has 0 heterocycles. The standard InChI is InChI=1S/C13H10BrF3O3/c1-7(14)12(20)10-6-9(13(15,16)17)4-2-8(10)3-5-11(18)19/h2-7H,1H3,(H,18,19). The minimum atomic E-state index is -4.57. The zero-order valence-corrected chi connectivity index (χ0v) is 11.8. The molecule has 1 aromatic carbocycles. The minimum absolute atomic E-state index is 0.122. The third kappa shape index (κ3) is 4.19. The molecule has 0 saturated carbocycles. The third-order valence-electron chi connectivity index (χ3n) is 2.41. The molecule has 1 unspecified atom stereocenters. The van der Waals surface area contributed by atoms with Crippen molar-refractivity contribution in [2.45, 2.75) is 17.9 Å². The van der Waals surface area contributed by atoms with E-state index in [1.54, 1.807) is 0 Å². The van der Waals surface area contributed by atoms with E-state index >= 15 is 0 Å². The van der Waals surface area contributed by atoms with Crippen molar-refractivity contribution in [2.75, 3.05) is 0 Å². The second kappa shape index (κ2) is 6.21. The van der Waals surface area contributed by atoms with Crippen LogP contribution in [0.3, 0.4) is 0 Å². The van der Waals surface area contributed by atoms with Crippen molar-refractivity contribution in [1.29, 1.82) is 0 Å². The highest BCUT2D eigenvalue weighted by Gasteiger charge is 2.31. The Labute approximate surface area is 121 Å². The average molecular weight is 351 g/mol. The van der Waals surface area contributed by atoms with Crippen LogP contribution >= 0.6 is 15.9 Å². The molecule has 0 aliphatic heterocycles. The van der Waals surface area contributed by atoms with E-state index in [1.165, 1.54) is 6.92 Å². The molecule has 0 spiro atoms. The highest BCUT2D eigenvalue weighted by Crippen LogP contribution is 2.31. The van der Waals surface area contributed by atoms with Gasteiger partial charge < -0.3 is 5.11 Å². The van der Waals surface area contributed by atoms with Gasteiger partial charge >= 0.3 is 12.1 Å². The Bertz CT molecular complexity index is 562. The van der Waals surface area contributed by atoms with E-state index in [1.807, 2.05) is 0 Å². The van der Waals surface area contributed by atoms with Crippen LogP contribution in [-0.2, 0) is 11.0 Å². The van der Waals surface area contributed by atoms with Crippen molar-refractivity contribution < 1.29 is 27.9 Å². The monoisotopic (exact) mass is 350 g/mol. The van der Waals surface area contributed by atoms with Crippen molar-refractivity contribution in [3.63, 3.8) is 0 Å².